The van der Waals surface area contributed by atoms with Gasteiger partial charge in [-0.1, -0.05) is 43.3 Å². The van der Waals surface area contributed by atoms with E-state index in [1.54, 1.807) is 0 Å². The van der Waals surface area contributed by atoms with Gasteiger partial charge in [0.25, 0.3) is 0 Å². The maximum Gasteiger partial charge on any atom is 0.0234 e. The number of hydrogen-bond donors (Lipinski definition) is 0. The third kappa shape index (κ3) is 4.45. The van der Waals surface area contributed by atoms with Gasteiger partial charge in [0, 0.05) is 26.2 Å². The van der Waals surface area contributed by atoms with E-state index in [9.17, 15) is 0 Å². The van der Waals surface area contributed by atoms with Crippen molar-refractivity contribution in [3.63, 3.8) is 0 Å². The molecule has 2 bridgehead atoms. The van der Waals surface area contributed by atoms with E-state index in [0.29, 0.717) is 0 Å². The molecule has 2 aliphatic rings. The van der Waals surface area contributed by atoms with Gasteiger partial charge in [-0.3, -0.25) is 4.90 Å². The first-order chi connectivity index (χ1) is 11.1. The van der Waals surface area contributed by atoms with Crippen molar-refractivity contribution in [2.24, 2.45) is 17.8 Å². The van der Waals surface area contributed by atoms with Crippen LogP contribution in [0.1, 0.15) is 30.9 Å². The molecule has 0 heterocycles. The lowest BCUT2D eigenvalue weighted by molar-refractivity contribution is 0.189. The van der Waals surface area contributed by atoms with Crippen LogP contribution in [0.15, 0.2) is 36.4 Å². The lowest BCUT2D eigenvalue weighted by Gasteiger charge is -2.29. The Kier molecular flexibility index (Phi) is 5.55. The molecule has 1 saturated carbocycles. The normalized spacial score (nSPS) is 25.9. The summed E-state index contributed by atoms with van der Waals surface area (Å²) in [4.78, 5) is 4.99. The average Bonchev–Trinajstić information content (AvgIpc) is 3.15. The summed E-state index contributed by atoms with van der Waals surface area (Å²) in [5.74, 6) is 2.61. The van der Waals surface area contributed by atoms with Crippen LogP contribution in [0.25, 0.3) is 0 Å². The van der Waals surface area contributed by atoms with Crippen molar-refractivity contribution < 1.29 is 0 Å². The van der Waals surface area contributed by atoms with Crippen molar-refractivity contribution in [2.45, 2.75) is 32.7 Å². The Morgan fingerprint density at radius 3 is 2.52 bits per heavy atom. The van der Waals surface area contributed by atoms with Crippen LogP contribution in [-0.2, 0) is 13.0 Å². The number of aryl methyl sites for hydroxylation is 1. The van der Waals surface area contributed by atoms with E-state index in [0.717, 1.165) is 37.3 Å². The van der Waals surface area contributed by atoms with Gasteiger partial charge in [0.1, 0.15) is 0 Å². The summed E-state index contributed by atoms with van der Waals surface area (Å²) in [5, 5.41) is 0. The number of fused-ring (bicyclic) bond motifs is 2. The van der Waals surface area contributed by atoms with Crippen molar-refractivity contribution in [1.82, 2.24) is 9.80 Å². The maximum atomic E-state index is 2.69. The minimum Gasteiger partial charge on any atom is -0.308 e. The van der Waals surface area contributed by atoms with E-state index in [-0.39, 0.29) is 0 Å². The molecule has 3 atom stereocenters. The first kappa shape index (κ1) is 16.7. The molecule has 1 aromatic carbocycles. The van der Waals surface area contributed by atoms with Crippen molar-refractivity contribution in [3.05, 3.63) is 47.5 Å². The Hall–Kier alpha value is -1.12. The van der Waals surface area contributed by atoms with Gasteiger partial charge in [-0.15, -0.1) is 0 Å². The highest BCUT2D eigenvalue weighted by atomic mass is 15.2. The molecule has 2 nitrogen and oxygen atoms in total. The number of hydrogen-bond acceptors (Lipinski definition) is 2. The minimum absolute atomic E-state index is 0.851. The molecule has 1 aromatic rings. The Bertz CT molecular complexity index is 534. The first-order valence-corrected chi connectivity index (χ1v) is 9.27. The Balaban J connectivity index is 1.63. The summed E-state index contributed by atoms with van der Waals surface area (Å²) in [6.07, 6.45) is 8.89. The molecule has 23 heavy (non-hydrogen) atoms. The number of likely N-dealkylation sites (N-methyl/N-ethyl adjacent to an activating group) is 1. The quantitative estimate of drug-likeness (QED) is 0.673. The van der Waals surface area contributed by atoms with Gasteiger partial charge in [-0.05, 0) is 62.2 Å². The van der Waals surface area contributed by atoms with Crippen molar-refractivity contribution >= 4 is 0 Å². The molecule has 126 valence electrons. The highest BCUT2D eigenvalue weighted by Crippen LogP contribution is 2.43. The lowest BCUT2D eigenvalue weighted by atomic mass is 9.93. The topological polar surface area (TPSA) is 6.48 Å². The fourth-order valence-electron chi connectivity index (χ4n) is 4.22. The third-order valence-corrected chi connectivity index (χ3v) is 5.58. The lowest BCUT2D eigenvalue weighted by Crippen LogP contribution is -2.36. The molecular formula is C21H32N2. The monoisotopic (exact) mass is 312 g/mol. The Morgan fingerprint density at radius 2 is 1.87 bits per heavy atom. The average molecular weight is 313 g/mol. The molecule has 0 spiro atoms. The van der Waals surface area contributed by atoms with E-state index < -0.39 is 0 Å². The van der Waals surface area contributed by atoms with E-state index >= 15 is 0 Å². The van der Waals surface area contributed by atoms with Crippen LogP contribution in [-0.4, -0.2) is 43.5 Å². The first-order valence-electron chi connectivity index (χ1n) is 9.27. The predicted molar refractivity (Wildman–Crippen MR) is 98.5 cm³/mol. The standard InChI is InChI=1S/C21H32N2/c1-4-17-6-5-7-19(12-17)15-23(11-10-22(2)3)16-21-14-18-8-9-20(21)13-18/h5-9,12,18,20-21H,4,10-11,13-16H2,1-3H3. The fraction of sp³-hybridized carbons (Fsp3) is 0.619. The highest BCUT2D eigenvalue weighted by Gasteiger charge is 2.36. The summed E-state index contributed by atoms with van der Waals surface area (Å²) in [6, 6.07) is 9.15. The predicted octanol–water partition coefficient (Wildman–Crippen LogP) is 3.82. The van der Waals surface area contributed by atoms with Crippen LogP contribution >= 0.6 is 0 Å². The van der Waals surface area contributed by atoms with Crippen LogP contribution in [0.3, 0.4) is 0 Å². The molecule has 2 aliphatic carbocycles. The Labute approximate surface area is 142 Å². The van der Waals surface area contributed by atoms with Gasteiger partial charge in [0.15, 0.2) is 0 Å². The van der Waals surface area contributed by atoms with Gasteiger partial charge >= 0.3 is 0 Å². The van der Waals surface area contributed by atoms with E-state index in [4.69, 9.17) is 0 Å². The molecule has 0 radical (unpaired) electrons. The number of nitrogens with zero attached hydrogens (tertiary/aromatic N) is 2. The molecule has 0 saturated heterocycles. The molecule has 3 unspecified atom stereocenters. The maximum absolute atomic E-state index is 2.69. The van der Waals surface area contributed by atoms with E-state index in [1.807, 2.05) is 0 Å². The number of rotatable bonds is 8. The van der Waals surface area contributed by atoms with Crippen LogP contribution < -0.4 is 0 Å². The van der Waals surface area contributed by atoms with Crippen molar-refractivity contribution in [1.29, 1.82) is 0 Å². The van der Waals surface area contributed by atoms with Crippen LogP contribution in [0, 0.1) is 17.8 Å². The van der Waals surface area contributed by atoms with Crippen molar-refractivity contribution in [2.75, 3.05) is 33.7 Å². The zero-order valence-corrected chi connectivity index (χ0v) is 15.0. The molecule has 2 heteroatoms. The smallest absolute Gasteiger partial charge is 0.0234 e. The summed E-state index contributed by atoms with van der Waals surface area (Å²) in [5.41, 5.74) is 2.93. The second-order valence-corrected chi connectivity index (χ2v) is 7.75. The summed E-state index contributed by atoms with van der Waals surface area (Å²) >= 11 is 0. The van der Waals surface area contributed by atoms with Gasteiger partial charge in [0.2, 0.25) is 0 Å². The number of allylic oxidation sites excluding steroid dienone is 2. The summed E-state index contributed by atoms with van der Waals surface area (Å²) in [6.45, 7) is 6.91. The second-order valence-electron chi connectivity index (χ2n) is 7.75. The zero-order chi connectivity index (χ0) is 16.2. The van der Waals surface area contributed by atoms with E-state index in [2.05, 4.69) is 67.2 Å². The van der Waals surface area contributed by atoms with Crippen LogP contribution in [0.2, 0.25) is 0 Å². The third-order valence-electron chi connectivity index (χ3n) is 5.58. The van der Waals surface area contributed by atoms with Crippen molar-refractivity contribution in [3.8, 4) is 0 Å². The second kappa shape index (κ2) is 7.63. The zero-order valence-electron chi connectivity index (χ0n) is 15.0. The molecular weight excluding hydrogens is 280 g/mol. The molecule has 1 fully saturated rings. The van der Waals surface area contributed by atoms with Gasteiger partial charge in [-0.25, -0.2) is 0 Å². The summed E-state index contributed by atoms with van der Waals surface area (Å²) < 4.78 is 0. The molecule has 3 rings (SSSR count). The number of benzene rings is 1. The highest BCUT2D eigenvalue weighted by molar-refractivity contribution is 5.23. The Morgan fingerprint density at radius 1 is 1.04 bits per heavy atom. The molecule has 0 aromatic heterocycles. The molecule has 0 N–H and O–H groups in total. The fourth-order valence-corrected chi connectivity index (χ4v) is 4.22. The van der Waals surface area contributed by atoms with Gasteiger partial charge in [0.05, 0.1) is 0 Å². The largest absolute Gasteiger partial charge is 0.308 e. The van der Waals surface area contributed by atoms with Gasteiger partial charge < -0.3 is 4.90 Å². The minimum atomic E-state index is 0.851. The summed E-state index contributed by atoms with van der Waals surface area (Å²) in [7, 11) is 4.35. The molecule has 0 aliphatic heterocycles. The van der Waals surface area contributed by atoms with E-state index in [1.165, 1.54) is 37.1 Å². The van der Waals surface area contributed by atoms with Crippen LogP contribution in [0.4, 0.5) is 0 Å². The SMILES string of the molecule is CCc1cccc(CN(CCN(C)C)CC2CC3C=CC2C3)c1. The van der Waals surface area contributed by atoms with Gasteiger partial charge in [-0.2, -0.15) is 0 Å². The molecule has 0 amide bonds. The van der Waals surface area contributed by atoms with Crippen LogP contribution in [0.5, 0.6) is 0 Å².